The number of hydrogen-bond donors (Lipinski definition) is 2. The van der Waals surface area contributed by atoms with Gasteiger partial charge in [0, 0.05) is 12.1 Å². The van der Waals surface area contributed by atoms with E-state index in [9.17, 15) is 17.2 Å². The maximum atomic E-state index is 13.5. The van der Waals surface area contributed by atoms with E-state index in [0.29, 0.717) is 17.9 Å². The molecule has 2 rings (SSSR count). The van der Waals surface area contributed by atoms with Gasteiger partial charge in [-0.1, -0.05) is 5.16 Å². The Kier molecular flexibility index (Phi) is 3.14. The quantitative estimate of drug-likeness (QED) is 0.837. The van der Waals surface area contributed by atoms with E-state index >= 15 is 0 Å². The summed E-state index contributed by atoms with van der Waals surface area (Å²) in [7, 11) is -4.26. The average molecular weight is 289 g/mol. The van der Waals surface area contributed by atoms with Crippen LogP contribution in [0.3, 0.4) is 0 Å². The molecule has 3 N–H and O–H groups in total. The summed E-state index contributed by atoms with van der Waals surface area (Å²) in [4.78, 5) is -0.771. The van der Waals surface area contributed by atoms with Gasteiger partial charge in [-0.05, 0) is 13.0 Å². The third kappa shape index (κ3) is 2.65. The van der Waals surface area contributed by atoms with E-state index in [4.69, 9.17) is 5.73 Å². The summed E-state index contributed by atoms with van der Waals surface area (Å²) in [6, 6.07) is 2.40. The zero-order chi connectivity index (χ0) is 14.2. The molecule has 0 atom stereocenters. The van der Waals surface area contributed by atoms with Crippen LogP contribution in [0.25, 0.3) is 0 Å². The van der Waals surface area contributed by atoms with Gasteiger partial charge < -0.3 is 10.3 Å². The van der Waals surface area contributed by atoms with E-state index in [1.54, 1.807) is 6.92 Å². The number of nitrogens with one attached hydrogen (secondary N) is 1. The van der Waals surface area contributed by atoms with Crippen LogP contribution in [0, 0.1) is 18.6 Å². The van der Waals surface area contributed by atoms with Gasteiger partial charge in [-0.25, -0.2) is 17.2 Å². The molecule has 9 heteroatoms. The molecule has 0 unspecified atom stereocenters. The van der Waals surface area contributed by atoms with Gasteiger partial charge in [0.2, 0.25) is 0 Å². The number of benzene rings is 1. The minimum absolute atomic E-state index is 0.111. The lowest BCUT2D eigenvalue weighted by Crippen LogP contribution is -2.15. The number of aromatic nitrogens is 1. The molecule has 0 saturated heterocycles. The van der Waals surface area contributed by atoms with E-state index in [1.807, 2.05) is 4.72 Å². The molecular formula is C10H9F2N3O3S. The molecule has 6 nitrogen and oxygen atoms in total. The molecule has 1 aromatic carbocycles. The van der Waals surface area contributed by atoms with Gasteiger partial charge >= 0.3 is 0 Å². The Morgan fingerprint density at radius 3 is 2.53 bits per heavy atom. The molecule has 1 heterocycles. The van der Waals surface area contributed by atoms with Crippen molar-refractivity contribution < 1.29 is 21.7 Å². The maximum Gasteiger partial charge on any atom is 0.266 e. The molecule has 0 aliphatic heterocycles. The lowest BCUT2D eigenvalue weighted by atomic mass is 10.3. The number of halogens is 2. The Hall–Kier alpha value is -2.16. The second-order valence-electron chi connectivity index (χ2n) is 3.73. The number of sulfonamides is 1. The van der Waals surface area contributed by atoms with Crippen molar-refractivity contribution in [1.29, 1.82) is 0 Å². The summed E-state index contributed by atoms with van der Waals surface area (Å²) in [6.07, 6.45) is 0. The normalized spacial score (nSPS) is 11.5. The van der Waals surface area contributed by atoms with Crippen molar-refractivity contribution in [2.24, 2.45) is 0 Å². The van der Waals surface area contributed by atoms with E-state index in [0.717, 1.165) is 0 Å². The highest BCUT2D eigenvalue weighted by Crippen LogP contribution is 2.23. The predicted molar refractivity (Wildman–Crippen MR) is 62.8 cm³/mol. The smallest absolute Gasteiger partial charge is 0.266 e. The van der Waals surface area contributed by atoms with Crippen LogP contribution in [0.5, 0.6) is 0 Å². The van der Waals surface area contributed by atoms with Crippen LogP contribution in [-0.4, -0.2) is 13.6 Å². The fraction of sp³-hybridized carbons (Fsp3) is 0.100. The van der Waals surface area contributed by atoms with Gasteiger partial charge in [0.25, 0.3) is 10.0 Å². The first-order chi connectivity index (χ1) is 8.79. The summed E-state index contributed by atoms with van der Waals surface area (Å²) in [6.45, 7) is 1.56. The average Bonchev–Trinajstić information content (AvgIpc) is 2.68. The van der Waals surface area contributed by atoms with Crippen LogP contribution in [-0.2, 0) is 10.0 Å². The van der Waals surface area contributed by atoms with Crippen molar-refractivity contribution in [3.05, 3.63) is 35.6 Å². The summed E-state index contributed by atoms with van der Waals surface area (Å²) < 4.78 is 56.9. The SMILES string of the molecule is Cc1cc(NS(=O)(=O)c2cc(N)c(F)cc2F)no1. The molecule has 0 aliphatic rings. The summed E-state index contributed by atoms with van der Waals surface area (Å²) in [5.41, 5.74) is 4.74. The van der Waals surface area contributed by atoms with E-state index < -0.39 is 32.2 Å². The zero-order valence-electron chi connectivity index (χ0n) is 9.65. The highest BCUT2D eigenvalue weighted by Gasteiger charge is 2.22. The molecule has 0 saturated carbocycles. The van der Waals surface area contributed by atoms with E-state index in [2.05, 4.69) is 9.68 Å². The van der Waals surface area contributed by atoms with Crippen LogP contribution in [0.4, 0.5) is 20.3 Å². The van der Waals surface area contributed by atoms with Crippen LogP contribution in [0.1, 0.15) is 5.76 Å². The molecule has 102 valence electrons. The molecule has 0 amide bonds. The zero-order valence-corrected chi connectivity index (χ0v) is 10.5. The fourth-order valence-corrected chi connectivity index (χ4v) is 2.44. The third-order valence-corrected chi connectivity index (χ3v) is 3.58. The standard InChI is InChI=1S/C10H9F2N3O3S/c1-5-2-10(14-18-5)15-19(16,17)9-4-8(13)6(11)3-7(9)12/h2-4H,13H2,1H3,(H,14,15). The molecule has 0 aliphatic carbocycles. The van der Waals surface area contributed by atoms with Gasteiger partial charge in [-0.3, -0.25) is 4.72 Å². The summed E-state index contributed by atoms with van der Waals surface area (Å²) in [5, 5.41) is 3.40. The van der Waals surface area contributed by atoms with Crippen molar-refractivity contribution in [3.8, 4) is 0 Å². The molecule has 0 fully saturated rings. The predicted octanol–water partition coefficient (Wildman–Crippen LogP) is 1.64. The third-order valence-electron chi connectivity index (χ3n) is 2.21. The lowest BCUT2D eigenvalue weighted by Gasteiger charge is -2.07. The first-order valence-electron chi connectivity index (χ1n) is 5.00. The highest BCUT2D eigenvalue weighted by atomic mass is 32.2. The lowest BCUT2D eigenvalue weighted by molar-refractivity contribution is 0.400. The molecule has 0 spiro atoms. The fourth-order valence-electron chi connectivity index (χ4n) is 1.36. The van der Waals surface area contributed by atoms with Crippen LogP contribution < -0.4 is 10.5 Å². The maximum absolute atomic E-state index is 13.5. The Morgan fingerprint density at radius 2 is 1.95 bits per heavy atom. The number of nitrogen functional groups attached to an aromatic ring is 1. The Balaban J connectivity index is 2.42. The number of aryl methyl sites for hydroxylation is 1. The van der Waals surface area contributed by atoms with Gasteiger partial charge in [0.05, 0.1) is 5.69 Å². The molecule has 2 aromatic rings. The van der Waals surface area contributed by atoms with Crippen molar-refractivity contribution in [2.45, 2.75) is 11.8 Å². The van der Waals surface area contributed by atoms with Crippen LogP contribution >= 0.6 is 0 Å². The second kappa shape index (κ2) is 4.50. The molecular weight excluding hydrogens is 280 g/mol. The summed E-state index contributed by atoms with van der Waals surface area (Å²) >= 11 is 0. The number of rotatable bonds is 3. The molecule has 0 bridgehead atoms. The Bertz CT molecular complexity index is 728. The van der Waals surface area contributed by atoms with Gasteiger partial charge in [0.1, 0.15) is 22.3 Å². The largest absolute Gasteiger partial charge is 0.396 e. The van der Waals surface area contributed by atoms with E-state index in [1.165, 1.54) is 6.07 Å². The molecule has 1 aromatic heterocycles. The van der Waals surface area contributed by atoms with Crippen molar-refractivity contribution in [1.82, 2.24) is 5.16 Å². The van der Waals surface area contributed by atoms with Gasteiger partial charge in [-0.15, -0.1) is 0 Å². The van der Waals surface area contributed by atoms with Gasteiger partial charge in [0.15, 0.2) is 5.82 Å². The first-order valence-corrected chi connectivity index (χ1v) is 6.48. The minimum atomic E-state index is -4.26. The molecule has 0 radical (unpaired) electrons. The number of hydrogen-bond acceptors (Lipinski definition) is 5. The Morgan fingerprint density at radius 1 is 1.26 bits per heavy atom. The number of anilines is 2. The van der Waals surface area contributed by atoms with Crippen LogP contribution in [0.15, 0.2) is 27.6 Å². The number of nitrogens with zero attached hydrogens (tertiary/aromatic N) is 1. The Labute approximate surface area is 107 Å². The highest BCUT2D eigenvalue weighted by molar-refractivity contribution is 7.92. The first kappa shape index (κ1) is 13.3. The topological polar surface area (TPSA) is 98.2 Å². The second-order valence-corrected chi connectivity index (χ2v) is 5.38. The number of nitrogens with two attached hydrogens (primary N) is 1. The summed E-state index contributed by atoms with van der Waals surface area (Å²) in [5.74, 6) is -2.02. The minimum Gasteiger partial charge on any atom is -0.396 e. The van der Waals surface area contributed by atoms with Gasteiger partial charge in [-0.2, -0.15) is 0 Å². The van der Waals surface area contributed by atoms with E-state index in [-0.39, 0.29) is 5.82 Å². The van der Waals surface area contributed by atoms with Crippen molar-refractivity contribution in [2.75, 3.05) is 10.5 Å². The molecule has 19 heavy (non-hydrogen) atoms. The van der Waals surface area contributed by atoms with Crippen LogP contribution in [0.2, 0.25) is 0 Å². The van der Waals surface area contributed by atoms with Crippen molar-refractivity contribution in [3.63, 3.8) is 0 Å². The monoisotopic (exact) mass is 289 g/mol. The van der Waals surface area contributed by atoms with Crippen molar-refractivity contribution >= 4 is 21.5 Å².